The van der Waals surface area contributed by atoms with Crippen molar-refractivity contribution in [1.82, 2.24) is 20.4 Å². The average molecular weight is 355 g/mol. The summed E-state index contributed by atoms with van der Waals surface area (Å²) in [6.07, 6.45) is 4.85. The number of hydrogen-bond acceptors (Lipinski definition) is 4. The van der Waals surface area contributed by atoms with Gasteiger partial charge in [-0.1, -0.05) is 6.07 Å². The van der Waals surface area contributed by atoms with Crippen LogP contribution < -0.4 is 16.0 Å². The van der Waals surface area contributed by atoms with Crippen LogP contribution in [-0.2, 0) is 10.3 Å². The number of amides is 2. The van der Waals surface area contributed by atoms with E-state index in [9.17, 15) is 9.59 Å². The molecule has 1 fully saturated rings. The molecular weight excluding hydrogens is 330 g/mol. The molecule has 1 saturated heterocycles. The van der Waals surface area contributed by atoms with Gasteiger partial charge in [0.2, 0.25) is 0 Å². The van der Waals surface area contributed by atoms with Crippen molar-refractivity contribution < 1.29 is 9.59 Å². The molecule has 1 aliphatic rings. The van der Waals surface area contributed by atoms with Crippen LogP contribution in [0.15, 0.2) is 36.7 Å². The fraction of sp³-hybridized carbons (Fsp3) is 0.421. The van der Waals surface area contributed by atoms with Crippen LogP contribution in [0.2, 0.25) is 0 Å². The fourth-order valence-electron chi connectivity index (χ4n) is 3.32. The standard InChI is InChI=1S/C19H25N5O2/c1-3-21-17(25)15-6-5-14(2)16(13-15)23-18(26)19(7-10-20-11-8-19)24-12-4-9-22-24/h4-6,9,12-13,20H,3,7-8,10-11H2,1-2H3,(H,21,25)(H,23,26). The van der Waals surface area contributed by atoms with E-state index >= 15 is 0 Å². The average Bonchev–Trinajstić information content (AvgIpc) is 3.19. The summed E-state index contributed by atoms with van der Waals surface area (Å²) in [6.45, 7) is 5.86. The molecule has 2 aromatic rings. The number of nitrogens with one attached hydrogen (secondary N) is 3. The summed E-state index contributed by atoms with van der Waals surface area (Å²) in [4.78, 5) is 25.3. The maximum Gasteiger partial charge on any atom is 0.252 e. The first-order valence-electron chi connectivity index (χ1n) is 8.98. The molecule has 3 rings (SSSR count). The normalized spacial score (nSPS) is 16.1. The Labute approximate surface area is 153 Å². The van der Waals surface area contributed by atoms with Gasteiger partial charge in [-0.15, -0.1) is 0 Å². The molecule has 1 aromatic heterocycles. The molecule has 1 aliphatic heterocycles. The molecule has 1 aromatic carbocycles. The highest BCUT2D eigenvalue weighted by atomic mass is 16.2. The molecule has 138 valence electrons. The van der Waals surface area contributed by atoms with Crippen molar-refractivity contribution in [2.75, 3.05) is 25.0 Å². The van der Waals surface area contributed by atoms with Crippen molar-refractivity contribution in [3.8, 4) is 0 Å². The van der Waals surface area contributed by atoms with Gasteiger partial charge >= 0.3 is 0 Å². The highest BCUT2D eigenvalue weighted by molar-refractivity contribution is 6.00. The number of nitrogens with zero attached hydrogens (tertiary/aromatic N) is 2. The van der Waals surface area contributed by atoms with E-state index in [1.54, 1.807) is 23.0 Å². The summed E-state index contributed by atoms with van der Waals surface area (Å²) in [7, 11) is 0. The van der Waals surface area contributed by atoms with Crippen LogP contribution >= 0.6 is 0 Å². The van der Waals surface area contributed by atoms with E-state index in [1.807, 2.05) is 32.2 Å². The Morgan fingerprint density at radius 1 is 1.31 bits per heavy atom. The zero-order valence-electron chi connectivity index (χ0n) is 15.2. The first-order chi connectivity index (χ1) is 12.6. The van der Waals surface area contributed by atoms with Crippen LogP contribution in [0.4, 0.5) is 5.69 Å². The minimum atomic E-state index is -0.719. The van der Waals surface area contributed by atoms with Crippen LogP contribution in [0.1, 0.15) is 35.7 Å². The van der Waals surface area contributed by atoms with E-state index in [0.717, 1.165) is 18.7 Å². The third-order valence-corrected chi connectivity index (χ3v) is 4.88. The molecule has 2 heterocycles. The second-order valence-electron chi connectivity index (χ2n) is 6.58. The molecule has 0 spiro atoms. The van der Waals surface area contributed by atoms with Gasteiger partial charge in [0.1, 0.15) is 5.54 Å². The van der Waals surface area contributed by atoms with E-state index in [0.29, 0.717) is 30.6 Å². The zero-order valence-corrected chi connectivity index (χ0v) is 15.2. The molecule has 0 saturated carbocycles. The zero-order chi connectivity index (χ0) is 18.6. The predicted octanol–water partition coefficient (Wildman–Crippen LogP) is 1.66. The summed E-state index contributed by atoms with van der Waals surface area (Å²) in [5.41, 5.74) is 1.38. The van der Waals surface area contributed by atoms with Crippen molar-refractivity contribution >= 4 is 17.5 Å². The number of rotatable bonds is 5. The summed E-state index contributed by atoms with van der Waals surface area (Å²) < 4.78 is 1.76. The van der Waals surface area contributed by atoms with Gasteiger partial charge in [0.05, 0.1) is 0 Å². The molecular formula is C19H25N5O2. The number of piperidine rings is 1. The van der Waals surface area contributed by atoms with Crippen LogP contribution in [-0.4, -0.2) is 41.2 Å². The molecule has 0 unspecified atom stereocenters. The molecule has 7 nitrogen and oxygen atoms in total. The van der Waals surface area contributed by atoms with Gasteiger partial charge in [0.25, 0.3) is 11.8 Å². The number of carbonyl (C=O) groups is 2. The lowest BCUT2D eigenvalue weighted by molar-refractivity contribution is -0.126. The smallest absolute Gasteiger partial charge is 0.252 e. The van der Waals surface area contributed by atoms with E-state index in [-0.39, 0.29) is 11.8 Å². The van der Waals surface area contributed by atoms with Crippen molar-refractivity contribution in [3.05, 3.63) is 47.8 Å². The van der Waals surface area contributed by atoms with Crippen LogP contribution in [0.5, 0.6) is 0 Å². The second-order valence-corrected chi connectivity index (χ2v) is 6.58. The molecule has 26 heavy (non-hydrogen) atoms. The number of aryl methyl sites for hydroxylation is 1. The van der Waals surface area contributed by atoms with Crippen molar-refractivity contribution in [1.29, 1.82) is 0 Å². The number of anilines is 1. The molecule has 0 aliphatic carbocycles. The second kappa shape index (κ2) is 7.70. The van der Waals surface area contributed by atoms with Crippen molar-refractivity contribution in [2.45, 2.75) is 32.2 Å². The summed E-state index contributed by atoms with van der Waals surface area (Å²) >= 11 is 0. The minimum Gasteiger partial charge on any atom is -0.352 e. The van der Waals surface area contributed by atoms with E-state index in [2.05, 4.69) is 21.0 Å². The highest BCUT2D eigenvalue weighted by Crippen LogP contribution is 2.29. The Kier molecular flexibility index (Phi) is 5.37. The quantitative estimate of drug-likeness (QED) is 0.761. The molecule has 2 amide bonds. The van der Waals surface area contributed by atoms with Gasteiger partial charge in [0, 0.05) is 30.2 Å². The van der Waals surface area contributed by atoms with E-state index < -0.39 is 5.54 Å². The molecule has 0 atom stereocenters. The lowest BCUT2D eigenvalue weighted by Gasteiger charge is -2.36. The molecule has 0 radical (unpaired) electrons. The Balaban J connectivity index is 1.88. The number of carbonyl (C=O) groups excluding carboxylic acids is 2. The number of hydrogen-bond donors (Lipinski definition) is 3. The molecule has 7 heteroatoms. The van der Waals surface area contributed by atoms with Gasteiger partial charge in [-0.3, -0.25) is 14.3 Å². The van der Waals surface area contributed by atoms with Crippen LogP contribution in [0.25, 0.3) is 0 Å². The van der Waals surface area contributed by atoms with Crippen LogP contribution in [0.3, 0.4) is 0 Å². The Morgan fingerprint density at radius 3 is 2.73 bits per heavy atom. The lowest BCUT2D eigenvalue weighted by Crippen LogP contribution is -2.52. The number of benzene rings is 1. The third-order valence-electron chi connectivity index (χ3n) is 4.88. The van der Waals surface area contributed by atoms with E-state index in [4.69, 9.17) is 0 Å². The summed E-state index contributed by atoms with van der Waals surface area (Å²) in [5, 5.41) is 13.4. The molecule has 0 bridgehead atoms. The maximum atomic E-state index is 13.2. The van der Waals surface area contributed by atoms with Gasteiger partial charge in [-0.2, -0.15) is 5.10 Å². The van der Waals surface area contributed by atoms with Gasteiger partial charge in [-0.05, 0) is 63.5 Å². The maximum absolute atomic E-state index is 13.2. The van der Waals surface area contributed by atoms with E-state index in [1.165, 1.54) is 0 Å². The van der Waals surface area contributed by atoms with Gasteiger partial charge in [-0.25, -0.2) is 0 Å². The topological polar surface area (TPSA) is 88.1 Å². The minimum absolute atomic E-state index is 0.0983. The SMILES string of the molecule is CCNC(=O)c1ccc(C)c(NC(=O)C2(n3cccn3)CCNCC2)c1. The Hall–Kier alpha value is -2.67. The Bertz CT molecular complexity index is 779. The first-order valence-corrected chi connectivity index (χ1v) is 8.98. The highest BCUT2D eigenvalue weighted by Gasteiger charge is 2.42. The summed E-state index contributed by atoms with van der Waals surface area (Å²) in [5.74, 6) is -0.245. The van der Waals surface area contributed by atoms with Crippen molar-refractivity contribution in [2.24, 2.45) is 0 Å². The van der Waals surface area contributed by atoms with Gasteiger partial charge in [0.15, 0.2) is 0 Å². The van der Waals surface area contributed by atoms with Crippen molar-refractivity contribution in [3.63, 3.8) is 0 Å². The summed E-state index contributed by atoms with van der Waals surface area (Å²) in [6, 6.07) is 7.18. The molecule has 3 N–H and O–H groups in total. The lowest BCUT2D eigenvalue weighted by atomic mass is 9.87. The fourth-order valence-corrected chi connectivity index (χ4v) is 3.32. The third kappa shape index (κ3) is 3.48. The number of aromatic nitrogens is 2. The monoisotopic (exact) mass is 355 g/mol. The van der Waals surface area contributed by atoms with Crippen LogP contribution in [0, 0.1) is 6.92 Å². The Morgan fingerprint density at radius 2 is 2.08 bits per heavy atom. The predicted molar refractivity (Wildman–Crippen MR) is 100 cm³/mol. The first kappa shape index (κ1) is 18.1. The van der Waals surface area contributed by atoms with Gasteiger partial charge < -0.3 is 16.0 Å². The largest absolute Gasteiger partial charge is 0.352 e.